The number of carbonyl (C=O) groups is 2. The van der Waals surface area contributed by atoms with Crippen molar-refractivity contribution in [1.29, 1.82) is 0 Å². The molecule has 0 aliphatic carbocycles. The molecule has 0 fully saturated rings. The van der Waals surface area contributed by atoms with Gasteiger partial charge in [0.15, 0.2) is 5.78 Å². The van der Waals surface area contributed by atoms with Crippen LogP contribution in [0.15, 0.2) is 54.7 Å². The maximum atomic E-state index is 11.8. The van der Waals surface area contributed by atoms with E-state index < -0.39 is 0 Å². The first-order valence-corrected chi connectivity index (χ1v) is 6.96. The number of urea groups is 1. The molecule has 2 aromatic carbocycles. The van der Waals surface area contributed by atoms with E-state index in [1.807, 2.05) is 37.3 Å². The first-order valence-electron chi connectivity index (χ1n) is 6.96. The van der Waals surface area contributed by atoms with Gasteiger partial charge in [0, 0.05) is 17.5 Å². The lowest BCUT2D eigenvalue weighted by Gasteiger charge is -2.05. The van der Waals surface area contributed by atoms with Crippen molar-refractivity contribution in [3.8, 4) is 0 Å². The van der Waals surface area contributed by atoms with E-state index in [2.05, 4.69) is 10.6 Å². The molecule has 2 amide bonds. The summed E-state index contributed by atoms with van der Waals surface area (Å²) < 4.78 is 0. The van der Waals surface area contributed by atoms with Gasteiger partial charge in [-0.05, 0) is 37.6 Å². The summed E-state index contributed by atoms with van der Waals surface area (Å²) in [5.41, 5.74) is 3.31. The molecule has 0 aliphatic heterocycles. The van der Waals surface area contributed by atoms with E-state index in [9.17, 15) is 9.59 Å². The van der Waals surface area contributed by atoms with E-state index in [-0.39, 0.29) is 11.8 Å². The summed E-state index contributed by atoms with van der Waals surface area (Å²) in [7, 11) is 0. The average molecular weight is 294 g/mol. The van der Waals surface area contributed by atoms with E-state index in [0.29, 0.717) is 11.3 Å². The quantitative estimate of drug-likeness (QED) is 0.838. The molecule has 0 aromatic heterocycles. The summed E-state index contributed by atoms with van der Waals surface area (Å²) >= 11 is 0. The van der Waals surface area contributed by atoms with Crippen LogP contribution < -0.4 is 10.6 Å². The Kier molecular flexibility index (Phi) is 5.09. The number of hydrogen-bond acceptors (Lipinski definition) is 2. The van der Waals surface area contributed by atoms with Crippen molar-refractivity contribution in [2.45, 2.75) is 13.8 Å². The van der Waals surface area contributed by atoms with Gasteiger partial charge in [0.05, 0.1) is 0 Å². The highest BCUT2D eigenvalue weighted by Gasteiger charge is 2.03. The largest absolute Gasteiger partial charge is 0.323 e. The predicted molar refractivity (Wildman–Crippen MR) is 88.8 cm³/mol. The zero-order valence-corrected chi connectivity index (χ0v) is 12.6. The Morgan fingerprint density at radius 1 is 1.05 bits per heavy atom. The van der Waals surface area contributed by atoms with Gasteiger partial charge in [-0.2, -0.15) is 0 Å². The van der Waals surface area contributed by atoms with Crippen LogP contribution in [0.1, 0.15) is 28.4 Å². The molecule has 0 heterocycles. The van der Waals surface area contributed by atoms with Crippen molar-refractivity contribution in [3.05, 3.63) is 71.4 Å². The highest BCUT2D eigenvalue weighted by molar-refractivity contribution is 5.96. The van der Waals surface area contributed by atoms with Crippen molar-refractivity contribution in [2.75, 3.05) is 5.32 Å². The fourth-order valence-corrected chi connectivity index (χ4v) is 1.97. The first-order chi connectivity index (χ1) is 10.5. The SMILES string of the molecule is CC(=O)c1cccc(NC(=O)N/C=C/c2cccc(C)c2)c1. The number of Topliss-reactive ketones (excluding diaryl/α,β-unsaturated/α-hetero) is 1. The number of carbonyl (C=O) groups excluding carboxylic acids is 2. The van der Waals surface area contributed by atoms with Crippen LogP contribution in [-0.4, -0.2) is 11.8 Å². The number of anilines is 1. The Morgan fingerprint density at radius 3 is 2.55 bits per heavy atom. The zero-order valence-electron chi connectivity index (χ0n) is 12.6. The molecule has 0 saturated heterocycles. The highest BCUT2D eigenvalue weighted by Crippen LogP contribution is 2.11. The summed E-state index contributed by atoms with van der Waals surface area (Å²) in [6.45, 7) is 3.50. The first kappa shape index (κ1) is 15.5. The van der Waals surface area contributed by atoms with Crippen molar-refractivity contribution in [3.63, 3.8) is 0 Å². The maximum absolute atomic E-state index is 11.8. The van der Waals surface area contributed by atoms with Crippen LogP contribution in [0.5, 0.6) is 0 Å². The third-order valence-electron chi connectivity index (χ3n) is 3.06. The standard InChI is InChI=1S/C18H18N2O2/c1-13-5-3-6-15(11-13)9-10-19-18(22)20-17-8-4-7-16(12-17)14(2)21/h3-12H,1-2H3,(H2,19,20,22)/b10-9+. The summed E-state index contributed by atoms with van der Waals surface area (Å²) in [6, 6.07) is 14.4. The molecule has 0 bridgehead atoms. The molecule has 4 heteroatoms. The smallest absolute Gasteiger partial charge is 0.314 e. The monoisotopic (exact) mass is 294 g/mol. The molecular formula is C18H18N2O2. The molecule has 2 N–H and O–H groups in total. The Morgan fingerprint density at radius 2 is 1.82 bits per heavy atom. The minimum absolute atomic E-state index is 0.0385. The topological polar surface area (TPSA) is 58.2 Å². The summed E-state index contributed by atoms with van der Waals surface area (Å²) in [5.74, 6) is -0.0385. The Bertz CT molecular complexity index is 721. The fourth-order valence-electron chi connectivity index (χ4n) is 1.97. The summed E-state index contributed by atoms with van der Waals surface area (Å²) in [6.07, 6.45) is 3.40. The molecule has 0 atom stereocenters. The van der Waals surface area contributed by atoms with Gasteiger partial charge >= 0.3 is 6.03 Å². The molecule has 22 heavy (non-hydrogen) atoms. The van der Waals surface area contributed by atoms with Crippen LogP contribution in [0.3, 0.4) is 0 Å². The third-order valence-corrected chi connectivity index (χ3v) is 3.06. The van der Waals surface area contributed by atoms with Crippen LogP contribution in [0, 0.1) is 6.92 Å². The fraction of sp³-hybridized carbons (Fsp3) is 0.111. The minimum atomic E-state index is -0.357. The Balaban J connectivity index is 1.93. The lowest BCUT2D eigenvalue weighted by molar-refractivity contribution is 0.101. The number of ketones is 1. The summed E-state index contributed by atoms with van der Waals surface area (Å²) in [5, 5.41) is 5.31. The van der Waals surface area contributed by atoms with Crippen LogP contribution in [0.2, 0.25) is 0 Å². The molecule has 0 radical (unpaired) electrons. The van der Waals surface area contributed by atoms with Gasteiger partial charge in [0.1, 0.15) is 0 Å². The number of benzene rings is 2. The van der Waals surface area contributed by atoms with Crippen LogP contribution in [-0.2, 0) is 0 Å². The third kappa shape index (κ3) is 4.59. The molecule has 0 saturated carbocycles. The molecule has 4 nitrogen and oxygen atoms in total. The van der Waals surface area contributed by atoms with Gasteiger partial charge in [-0.25, -0.2) is 4.79 Å². The average Bonchev–Trinajstić information content (AvgIpc) is 2.47. The van der Waals surface area contributed by atoms with E-state index in [4.69, 9.17) is 0 Å². The van der Waals surface area contributed by atoms with Gasteiger partial charge in [-0.15, -0.1) is 0 Å². The van der Waals surface area contributed by atoms with Crippen molar-refractivity contribution in [1.82, 2.24) is 5.32 Å². The van der Waals surface area contributed by atoms with Crippen molar-refractivity contribution < 1.29 is 9.59 Å². The maximum Gasteiger partial charge on any atom is 0.323 e. The molecule has 2 rings (SSSR count). The zero-order chi connectivity index (χ0) is 15.9. The Hall–Kier alpha value is -2.88. The number of hydrogen-bond donors (Lipinski definition) is 2. The molecule has 112 valence electrons. The second-order valence-electron chi connectivity index (χ2n) is 4.98. The lowest BCUT2D eigenvalue weighted by atomic mass is 10.1. The van der Waals surface area contributed by atoms with Crippen LogP contribution in [0.25, 0.3) is 6.08 Å². The number of amides is 2. The van der Waals surface area contributed by atoms with Gasteiger partial charge in [0.25, 0.3) is 0 Å². The van der Waals surface area contributed by atoms with Crippen molar-refractivity contribution in [2.24, 2.45) is 0 Å². The molecule has 2 aromatic rings. The van der Waals surface area contributed by atoms with Crippen molar-refractivity contribution >= 4 is 23.6 Å². The second-order valence-corrected chi connectivity index (χ2v) is 4.98. The van der Waals surface area contributed by atoms with Crippen LogP contribution in [0.4, 0.5) is 10.5 Å². The van der Waals surface area contributed by atoms with Gasteiger partial charge < -0.3 is 10.6 Å². The molecule has 0 spiro atoms. The summed E-state index contributed by atoms with van der Waals surface area (Å²) in [4.78, 5) is 23.1. The van der Waals surface area contributed by atoms with Crippen LogP contribution >= 0.6 is 0 Å². The highest BCUT2D eigenvalue weighted by atomic mass is 16.2. The Labute approximate surface area is 129 Å². The molecule has 0 aliphatic rings. The van der Waals surface area contributed by atoms with Gasteiger partial charge in [0.2, 0.25) is 0 Å². The normalized spacial score (nSPS) is 10.5. The number of rotatable bonds is 4. The number of nitrogens with one attached hydrogen (secondary N) is 2. The molecular weight excluding hydrogens is 276 g/mol. The van der Waals surface area contributed by atoms with E-state index in [0.717, 1.165) is 11.1 Å². The van der Waals surface area contributed by atoms with Gasteiger partial charge in [-0.1, -0.05) is 42.0 Å². The lowest BCUT2D eigenvalue weighted by Crippen LogP contribution is -2.23. The number of aryl methyl sites for hydroxylation is 1. The predicted octanol–water partition coefficient (Wildman–Crippen LogP) is 3.99. The minimum Gasteiger partial charge on any atom is -0.314 e. The molecule has 0 unspecified atom stereocenters. The van der Waals surface area contributed by atoms with E-state index in [1.54, 1.807) is 30.5 Å². The van der Waals surface area contributed by atoms with E-state index >= 15 is 0 Å². The second kappa shape index (κ2) is 7.22. The van der Waals surface area contributed by atoms with E-state index in [1.165, 1.54) is 6.92 Å². The van der Waals surface area contributed by atoms with Gasteiger partial charge in [-0.3, -0.25) is 4.79 Å².